The first kappa shape index (κ1) is 22.3. The second-order valence-corrected chi connectivity index (χ2v) is 9.27. The van der Waals surface area contributed by atoms with Gasteiger partial charge in [-0.1, -0.05) is 18.2 Å². The molecule has 0 aliphatic carbocycles. The number of cyclic esters (lactones) is 1. The van der Waals surface area contributed by atoms with Gasteiger partial charge in [-0.2, -0.15) is 0 Å². The molecule has 0 saturated carbocycles. The lowest BCUT2D eigenvalue weighted by Gasteiger charge is -2.20. The van der Waals surface area contributed by atoms with Crippen molar-refractivity contribution in [2.45, 2.75) is 17.4 Å². The number of carbonyl (C=O) groups excluding carboxylic acids is 2. The van der Waals surface area contributed by atoms with Crippen LogP contribution in [-0.2, 0) is 19.6 Å². The van der Waals surface area contributed by atoms with Crippen LogP contribution in [0.5, 0.6) is 11.5 Å². The standard InChI is InChI=1S/C24H21NO7S/c1-25(33(28,29)19-13-11-17(30-2)12-14-19)16-7-9-18(10-8-16)31-23(26)15-22-20-5-3-4-6-21(20)24(27)32-22/h3-14,22H,15H2,1-2H3. The van der Waals surface area contributed by atoms with E-state index in [1.165, 1.54) is 50.6 Å². The molecule has 1 aliphatic rings. The van der Waals surface area contributed by atoms with Crippen molar-refractivity contribution in [1.29, 1.82) is 0 Å². The van der Waals surface area contributed by atoms with Crippen LogP contribution in [0, 0.1) is 0 Å². The van der Waals surface area contributed by atoms with Gasteiger partial charge in [0.05, 0.1) is 29.7 Å². The highest BCUT2D eigenvalue weighted by molar-refractivity contribution is 7.92. The fourth-order valence-corrected chi connectivity index (χ4v) is 4.66. The second-order valence-electron chi connectivity index (χ2n) is 7.30. The molecule has 0 N–H and O–H groups in total. The molecule has 170 valence electrons. The number of methoxy groups -OCH3 is 1. The predicted molar refractivity (Wildman–Crippen MR) is 120 cm³/mol. The number of esters is 2. The summed E-state index contributed by atoms with van der Waals surface area (Å²) in [5.41, 5.74) is 1.49. The van der Waals surface area contributed by atoms with Crippen molar-refractivity contribution in [3.05, 3.63) is 83.9 Å². The molecule has 8 nitrogen and oxygen atoms in total. The number of nitrogens with zero attached hydrogens (tertiary/aromatic N) is 1. The molecule has 0 spiro atoms. The van der Waals surface area contributed by atoms with Crippen molar-refractivity contribution in [3.63, 3.8) is 0 Å². The first-order valence-electron chi connectivity index (χ1n) is 10.0. The average molecular weight is 467 g/mol. The van der Waals surface area contributed by atoms with Gasteiger partial charge in [0.2, 0.25) is 0 Å². The Hall–Kier alpha value is -3.85. The third-order valence-electron chi connectivity index (χ3n) is 5.28. The van der Waals surface area contributed by atoms with Crippen molar-refractivity contribution >= 4 is 27.6 Å². The molecule has 0 amide bonds. The molecule has 1 heterocycles. The van der Waals surface area contributed by atoms with E-state index in [9.17, 15) is 18.0 Å². The molecule has 0 aromatic heterocycles. The fourth-order valence-electron chi connectivity index (χ4n) is 3.46. The van der Waals surface area contributed by atoms with Crippen molar-refractivity contribution < 1.29 is 32.2 Å². The highest BCUT2D eigenvalue weighted by Gasteiger charge is 2.32. The zero-order valence-corrected chi connectivity index (χ0v) is 18.7. The molecule has 1 atom stereocenters. The molecular formula is C24H21NO7S. The minimum absolute atomic E-state index is 0.118. The summed E-state index contributed by atoms with van der Waals surface area (Å²) in [6.07, 6.45) is -0.822. The Morgan fingerprint density at radius 2 is 1.61 bits per heavy atom. The van der Waals surface area contributed by atoms with Crippen LogP contribution in [0.1, 0.15) is 28.4 Å². The van der Waals surface area contributed by atoms with Crippen LogP contribution in [0.2, 0.25) is 0 Å². The van der Waals surface area contributed by atoms with Gasteiger partial charge in [-0.25, -0.2) is 13.2 Å². The lowest BCUT2D eigenvalue weighted by atomic mass is 10.0. The smallest absolute Gasteiger partial charge is 0.339 e. The molecule has 3 aromatic carbocycles. The summed E-state index contributed by atoms with van der Waals surface area (Å²) in [6, 6.07) is 19.1. The molecule has 4 rings (SSSR count). The Balaban J connectivity index is 1.42. The number of fused-ring (bicyclic) bond motifs is 1. The number of benzene rings is 3. The summed E-state index contributed by atoms with van der Waals surface area (Å²) in [6.45, 7) is 0. The number of hydrogen-bond donors (Lipinski definition) is 0. The summed E-state index contributed by atoms with van der Waals surface area (Å²) in [5.74, 6) is -0.236. The number of ether oxygens (including phenoxy) is 3. The number of sulfonamides is 1. The van der Waals surface area contributed by atoms with Crippen molar-refractivity contribution in [1.82, 2.24) is 0 Å². The van der Waals surface area contributed by atoms with Gasteiger partial charge in [0, 0.05) is 12.6 Å². The van der Waals surface area contributed by atoms with Gasteiger partial charge < -0.3 is 14.2 Å². The molecular weight excluding hydrogens is 446 g/mol. The maximum absolute atomic E-state index is 12.9. The monoisotopic (exact) mass is 467 g/mol. The first-order valence-corrected chi connectivity index (χ1v) is 11.5. The Labute approximate surface area is 191 Å². The van der Waals surface area contributed by atoms with E-state index in [0.29, 0.717) is 22.6 Å². The van der Waals surface area contributed by atoms with Crippen LogP contribution in [0.4, 0.5) is 5.69 Å². The van der Waals surface area contributed by atoms with E-state index in [4.69, 9.17) is 14.2 Å². The third-order valence-corrected chi connectivity index (χ3v) is 7.08. The van der Waals surface area contributed by atoms with Gasteiger partial charge in [0.25, 0.3) is 10.0 Å². The van der Waals surface area contributed by atoms with Crippen LogP contribution >= 0.6 is 0 Å². The average Bonchev–Trinajstić information content (AvgIpc) is 3.14. The fraction of sp³-hybridized carbons (Fsp3) is 0.167. The van der Waals surface area contributed by atoms with Crippen LogP contribution in [-0.4, -0.2) is 34.5 Å². The molecule has 0 saturated heterocycles. The van der Waals surface area contributed by atoms with Crippen molar-refractivity contribution in [2.75, 3.05) is 18.5 Å². The minimum Gasteiger partial charge on any atom is -0.497 e. The molecule has 33 heavy (non-hydrogen) atoms. The van der Waals surface area contributed by atoms with Crippen LogP contribution in [0.3, 0.4) is 0 Å². The Morgan fingerprint density at radius 1 is 0.970 bits per heavy atom. The van der Waals surface area contributed by atoms with E-state index >= 15 is 0 Å². The van der Waals surface area contributed by atoms with E-state index in [2.05, 4.69) is 0 Å². The first-order chi connectivity index (χ1) is 15.8. The molecule has 1 aliphatic heterocycles. The summed E-state index contributed by atoms with van der Waals surface area (Å²) in [5, 5.41) is 0. The summed E-state index contributed by atoms with van der Waals surface area (Å²) in [4.78, 5) is 24.4. The van der Waals surface area contributed by atoms with E-state index in [-0.39, 0.29) is 17.1 Å². The maximum Gasteiger partial charge on any atom is 0.339 e. The van der Waals surface area contributed by atoms with Crippen LogP contribution < -0.4 is 13.8 Å². The van der Waals surface area contributed by atoms with E-state index in [1.54, 1.807) is 36.4 Å². The van der Waals surface area contributed by atoms with E-state index in [1.807, 2.05) is 0 Å². The van der Waals surface area contributed by atoms with E-state index < -0.39 is 28.1 Å². The SMILES string of the molecule is COc1ccc(S(=O)(=O)N(C)c2ccc(OC(=O)CC3OC(=O)c4ccccc43)cc2)cc1. The topological polar surface area (TPSA) is 99.2 Å². The Morgan fingerprint density at radius 3 is 2.27 bits per heavy atom. The van der Waals surface area contributed by atoms with Crippen molar-refractivity contribution in [2.24, 2.45) is 0 Å². The highest BCUT2D eigenvalue weighted by Crippen LogP contribution is 2.33. The summed E-state index contributed by atoms with van der Waals surface area (Å²) in [7, 11) is -0.841. The molecule has 1 unspecified atom stereocenters. The van der Waals surface area contributed by atoms with E-state index in [0.717, 1.165) is 4.31 Å². The maximum atomic E-state index is 12.9. The molecule has 0 radical (unpaired) electrons. The zero-order chi connectivity index (χ0) is 23.6. The van der Waals surface area contributed by atoms with Crippen LogP contribution in [0.25, 0.3) is 0 Å². The Bertz CT molecular complexity index is 1290. The van der Waals surface area contributed by atoms with Gasteiger partial charge in [0.1, 0.15) is 17.6 Å². The molecule has 0 bridgehead atoms. The Kier molecular flexibility index (Phi) is 6.06. The minimum atomic E-state index is -3.78. The van der Waals surface area contributed by atoms with Crippen LogP contribution in [0.15, 0.2) is 77.7 Å². The molecule has 0 fully saturated rings. The van der Waals surface area contributed by atoms with Gasteiger partial charge in [-0.3, -0.25) is 9.10 Å². The summed E-state index contributed by atoms with van der Waals surface area (Å²) < 4.78 is 42.6. The number of hydrogen-bond acceptors (Lipinski definition) is 7. The zero-order valence-electron chi connectivity index (χ0n) is 17.9. The molecule has 9 heteroatoms. The number of anilines is 1. The quantitative estimate of drug-likeness (QED) is 0.386. The summed E-state index contributed by atoms with van der Waals surface area (Å²) >= 11 is 0. The number of rotatable bonds is 7. The van der Waals surface area contributed by atoms with Gasteiger partial charge in [-0.15, -0.1) is 0 Å². The van der Waals surface area contributed by atoms with Gasteiger partial charge in [-0.05, 0) is 54.6 Å². The lowest BCUT2D eigenvalue weighted by Crippen LogP contribution is -2.26. The van der Waals surface area contributed by atoms with Crippen molar-refractivity contribution in [3.8, 4) is 11.5 Å². The predicted octanol–water partition coefficient (Wildman–Crippen LogP) is 3.73. The lowest BCUT2D eigenvalue weighted by molar-refractivity contribution is -0.136. The normalized spacial score (nSPS) is 14.8. The second kappa shape index (κ2) is 8.95. The van der Waals surface area contributed by atoms with Gasteiger partial charge in [0.15, 0.2) is 0 Å². The largest absolute Gasteiger partial charge is 0.497 e. The third kappa shape index (κ3) is 4.54. The molecule has 3 aromatic rings. The van der Waals surface area contributed by atoms with Gasteiger partial charge >= 0.3 is 11.9 Å². The number of carbonyl (C=O) groups is 2. The highest BCUT2D eigenvalue weighted by atomic mass is 32.2.